The van der Waals surface area contributed by atoms with Crippen LogP contribution in [0.5, 0.6) is 5.75 Å². The molecule has 20 heavy (non-hydrogen) atoms. The molecule has 0 radical (unpaired) electrons. The maximum Gasteiger partial charge on any atom is 0.152 e. The van der Waals surface area contributed by atoms with Crippen molar-refractivity contribution >= 4 is 27.9 Å². The fourth-order valence-corrected chi connectivity index (χ4v) is 3.71. The van der Waals surface area contributed by atoms with Gasteiger partial charge in [0.1, 0.15) is 4.60 Å². The number of halogens is 1. The van der Waals surface area contributed by atoms with Crippen LogP contribution in [0.4, 0.5) is 0 Å². The maximum absolute atomic E-state index is 10.6. The minimum absolute atomic E-state index is 0.00333. The van der Waals surface area contributed by atoms with Crippen molar-refractivity contribution in [3.63, 3.8) is 0 Å². The van der Waals surface area contributed by atoms with Crippen molar-refractivity contribution in [1.29, 1.82) is 0 Å². The third kappa shape index (κ3) is 4.43. The van der Waals surface area contributed by atoms with Gasteiger partial charge in [-0.05, 0) is 66.0 Å². The van der Waals surface area contributed by atoms with Crippen molar-refractivity contribution in [1.82, 2.24) is 9.71 Å². The van der Waals surface area contributed by atoms with Crippen molar-refractivity contribution in [3.8, 4) is 5.75 Å². The molecule has 1 aliphatic carbocycles. The smallest absolute Gasteiger partial charge is 0.152 e. The summed E-state index contributed by atoms with van der Waals surface area (Å²) in [4.78, 5) is 15.8. The second-order valence-electron chi connectivity index (χ2n) is 4.84. The summed E-state index contributed by atoms with van der Waals surface area (Å²) in [6.45, 7) is 0. The first-order valence-electron chi connectivity index (χ1n) is 6.67. The van der Waals surface area contributed by atoms with Gasteiger partial charge in [-0.3, -0.25) is 4.72 Å². The van der Waals surface area contributed by atoms with E-state index in [-0.39, 0.29) is 6.04 Å². The lowest BCUT2D eigenvalue weighted by atomic mass is 10.1. The number of rotatable bonds is 5. The number of nitroso groups, excluding NO2 is 1. The van der Waals surface area contributed by atoms with Gasteiger partial charge >= 0.3 is 0 Å². The average Bonchev–Trinajstić information content (AvgIpc) is 2.70. The van der Waals surface area contributed by atoms with Crippen LogP contribution in [-0.4, -0.2) is 24.2 Å². The Morgan fingerprint density at radius 1 is 1.45 bits per heavy atom. The number of nitrogens with one attached hydrogen (secondary N) is 1. The highest BCUT2D eigenvalue weighted by Gasteiger charge is 2.19. The third-order valence-corrected chi connectivity index (χ3v) is 4.86. The average molecular weight is 360 g/mol. The van der Waals surface area contributed by atoms with Crippen LogP contribution in [0.15, 0.2) is 26.9 Å². The Bertz CT molecular complexity index is 461. The summed E-state index contributed by atoms with van der Waals surface area (Å²) in [5.41, 5.74) is 0. The summed E-state index contributed by atoms with van der Waals surface area (Å²) in [5.74, 6) is 0.756. The number of nitrogens with zero attached hydrogens (tertiary/aromatic N) is 2. The standard InChI is InChI=1S/C13H18BrN3O2S/c1-19-11-8-15-13(14)7-12(11)20-17-10-4-2-3-9(16-18)5-6-10/h7-10,17H,2-6H2,1H3/t9?,10-/m0/s1. The maximum atomic E-state index is 10.6. The Labute approximate surface area is 131 Å². The summed E-state index contributed by atoms with van der Waals surface area (Å²) in [6, 6.07) is 2.34. The summed E-state index contributed by atoms with van der Waals surface area (Å²) in [7, 11) is 1.64. The van der Waals surface area contributed by atoms with Gasteiger partial charge in [0.05, 0.1) is 24.2 Å². The zero-order valence-electron chi connectivity index (χ0n) is 11.3. The number of methoxy groups -OCH3 is 1. The summed E-state index contributed by atoms with van der Waals surface area (Å²) < 4.78 is 9.55. The highest BCUT2D eigenvalue weighted by atomic mass is 79.9. The van der Waals surface area contributed by atoms with Crippen LogP contribution in [0.25, 0.3) is 0 Å². The minimum atomic E-state index is -0.00333. The largest absolute Gasteiger partial charge is 0.494 e. The molecule has 1 heterocycles. The van der Waals surface area contributed by atoms with Gasteiger partial charge < -0.3 is 4.74 Å². The second kappa shape index (κ2) is 7.95. The molecular weight excluding hydrogens is 342 g/mol. The molecule has 7 heteroatoms. The van der Waals surface area contributed by atoms with E-state index in [2.05, 4.69) is 30.8 Å². The van der Waals surface area contributed by atoms with E-state index in [4.69, 9.17) is 4.74 Å². The number of ether oxygens (including phenoxy) is 1. The van der Waals surface area contributed by atoms with E-state index >= 15 is 0 Å². The van der Waals surface area contributed by atoms with Gasteiger partial charge in [-0.1, -0.05) is 5.18 Å². The number of aromatic nitrogens is 1. The van der Waals surface area contributed by atoms with E-state index in [0.717, 1.165) is 47.4 Å². The van der Waals surface area contributed by atoms with E-state index < -0.39 is 0 Å². The first-order valence-corrected chi connectivity index (χ1v) is 8.28. The first kappa shape index (κ1) is 15.7. The number of pyridine rings is 1. The van der Waals surface area contributed by atoms with Gasteiger partial charge in [0.2, 0.25) is 0 Å². The molecule has 2 atom stereocenters. The Morgan fingerprint density at radius 3 is 3.05 bits per heavy atom. The van der Waals surface area contributed by atoms with Gasteiger partial charge in [0, 0.05) is 6.04 Å². The molecule has 0 bridgehead atoms. The Kier molecular flexibility index (Phi) is 6.25. The quantitative estimate of drug-likeness (QED) is 0.373. The molecule has 1 fully saturated rings. The van der Waals surface area contributed by atoms with E-state index in [9.17, 15) is 4.91 Å². The monoisotopic (exact) mass is 359 g/mol. The Morgan fingerprint density at radius 2 is 2.30 bits per heavy atom. The topological polar surface area (TPSA) is 63.6 Å². The van der Waals surface area contributed by atoms with Crippen LogP contribution in [-0.2, 0) is 0 Å². The van der Waals surface area contributed by atoms with Gasteiger partial charge in [-0.2, -0.15) is 4.91 Å². The summed E-state index contributed by atoms with van der Waals surface area (Å²) >= 11 is 4.92. The Balaban J connectivity index is 1.91. The van der Waals surface area contributed by atoms with E-state index in [1.807, 2.05) is 6.07 Å². The first-order chi connectivity index (χ1) is 9.72. The van der Waals surface area contributed by atoms with Gasteiger partial charge in [0.25, 0.3) is 0 Å². The van der Waals surface area contributed by atoms with Crippen LogP contribution in [0.3, 0.4) is 0 Å². The molecule has 1 N–H and O–H groups in total. The molecule has 5 nitrogen and oxygen atoms in total. The van der Waals surface area contributed by atoms with Crippen molar-refractivity contribution in [2.75, 3.05) is 7.11 Å². The third-order valence-electron chi connectivity index (χ3n) is 3.44. The molecule has 0 amide bonds. The number of hydrogen-bond donors (Lipinski definition) is 1. The molecule has 0 aromatic carbocycles. The normalized spacial score (nSPS) is 23.1. The van der Waals surface area contributed by atoms with Crippen LogP contribution >= 0.6 is 27.9 Å². The van der Waals surface area contributed by atoms with E-state index in [1.165, 1.54) is 0 Å². The van der Waals surface area contributed by atoms with Crippen LogP contribution in [0, 0.1) is 4.91 Å². The molecule has 1 aromatic rings. The molecule has 1 aliphatic rings. The molecule has 0 aliphatic heterocycles. The molecule has 1 saturated carbocycles. The zero-order chi connectivity index (χ0) is 14.4. The minimum Gasteiger partial charge on any atom is -0.494 e. The van der Waals surface area contributed by atoms with Crippen molar-refractivity contribution in [2.24, 2.45) is 5.18 Å². The summed E-state index contributed by atoms with van der Waals surface area (Å²) in [5, 5.41) is 3.18. The molecule has 0 saturated heterocycles. The molecule has 2 rings (SSSR count). The van der Waals surface area contributed by atoms with Crippen molar-refractivity contribution in [2.45, 2.75) is 49.1 Å². The van der Waals surface area contributed by atoms with Gasteiger partial charge in [0.15, 0.2) is 5.75 Å². The van der Waals surface area contributed by atoms with E-state index in [1.54, 1.807) is 25.3 Å². The molecule has 110 valence electrons. The lowest BCUT2D eigenvalue weighted by Crippen LogP contribution is -2.22. The predicted octanol–water partition coefficient (Wildman–Crippen LogP) is 3.92. The predicted molar refractivity (Wildman–Crippen MR) is 83.9 cm³/mol. The molecular formula is C13H18BrN3O2S. The molecule has 0 spiro atoms. The molecule has 1 aromatic heterocycles. The van der Waals surface area contributed by atoms with Crippen LogP contribution in [0.2, 0.25) is 0 Å². The molecule has 1 unspecified atom stereocenters. The fourth-order valence-electron chi connectivity index (χ4n) is 2.29. The van der Waals surface area contributed by atoms with Crippen LogP contribution < -0.4 is 9.46 Å². The fraction of sp³-hybridized carbons (Fsp3) is 0.615. The van der Waals surface area contributed by atoms with Gasteiger partial charge in [-0.15, -0.1) is 0 Å². The van der Waals surface area contributed by atoms with E-state index in [0.29, 0.717) is 6.04 Å². The second-order valence-corrected chi connectivity index (χ2v) is 6.53. The lowest BCUT2D eigenvalue weighted by molar-refractivity contribution is 0.402. The van der Waals surface area contributed by atoms with Gasteiger partial charge in [-0.25, -0.2) is 4.98 Å². The summed E-state index contributed by atoms with van der Waals surface area (Å²) in [6.07, 6.45) is 6.60. The lowest BCUT2D eigenvalue weighted by Gasteiger charge is -2.16. The highest BCUT2D eigenvalue weighted by molar-refractivity contribution is 9.10. The SMILES string of the molecule is COc1cnc(Br)cc1SN[C@H]1CCCC(N=O)CC1. The highest BCUT2D eigenvalue weighted by Crippen LogP contribution is 2.30. The van der Waals surface area contributed by atoms with Crippen molar-refractivity contribution in [3.05, 3.63) is 21.8 Å². The van der Waals surface area contributed by atoms with Crippen molar-refractivity contribution < 1.29 is 4.74 Å². The Hall–Kier alpha value is -0.660. The zero-order valence-corrected chi connectivity index (χ0v) is 13.7. The number of hydrogen-bond acceptors (Lipinski definition) is 6. The van der Waals surface area contributed by atoms with Crippen LogP contribution in [0.1, 0.15) is 32.1 Å².